The molecular formula is C22H18N4OS. The van der Waals surface area contributed by atoms with Crippen LogP contribution in [0.5, 0.6) is 0 Å². The fourth-order valence-corrected chi connectivity index (χ4v) is 3.25. The van der Waals surface area contributed by atoms with Crippen molar-refractivity contribution < 1.29 is 4.79 Å². The third-order valence-corrected chi connectivity index (χ3v) is 4.73. The summed E-state index contributed by atoms with van der Waals surface area (Å²) in [5.41, 5.74) is 6.41. The third kappa shape index (κ3) is 3.37. The second kappa shape index (κ2) is 7.62. The molecule has 1 fully saturated rings. The molecule has 3 aromatic carbocycles. The van der Waals surface area contributed by atoms with Crippen LogP contribution in [-0.2, 0) is 0 Å². The molecule has 5 nitrogen and oxygen atoms in total. The Morgan fingerprint density at radius 3 is 1.89 bits per heavy atom. The first kappa shape index (κ1) is 17.9. The van der Waals surface area contributed by atoms with Crippen molar-refractivity contribution in [3.8, 4) is 0 Å². The van der Waals surface area contributed by atoms with Crippen LogP contribution in [0.4, 0.5) is 21.9 Å². The minimum atomic E-state index is -0.258. The molecule has 0 bridgehead atoms. The lowest BCUT2D eigenvalue weighted by atomic mass is 10.2. The van der Waals surface area contributed by atoms with Gasteiger partial charge in [0.1, 0.15) is 0 Å². The average molecular weight is 386 g/mol. The summed E-state index contributed by atoms with van der Waals surface area (Å²) in [6.07, 6.45) is 0. The summed E-state index contributed by atoms with van der Waals surface area (Å²) in [6, 6.07) is 26.3. The van der Waals surface area contributed by atoms with Gasteiger partial charge in [-0.2, -0.15) is 5.10 Å². The fourth-order valence-electron chi connectivity index (χ4n) is 2.93. The molecule has 6 heteroatoms. The quantitative estimate of drug-likeness (QED) is 0.496. The third-order valence-electron chi connectivity index (χ3n) is 4.36. The van der Waals surface area contributed by atoms with Gasteiger partial charge in [0.2, 0.25) is 0 Å². The number of para-hydroxylation sites is 2. The van der Waals surface area contributed by atoms with E-state index >= 15 is 0 Å². The number of nitrogens with one attached hydrogen (secondary N) is 1. The molecule has 0 atom stereocenters. The molecule has 2 amide bonds. The van der Waals surface area contributed by atoms with E-state index < -0.39 is 0 Å². The number of nitrogens with zero attached hydrogens (tertiary/aromatic N) is 3. The number of amidine groups is 1. The molecule has 28 heavy (non-hydrogen) atoms. The van der Waals surface area contributed by atoms with E-state index in [0.717, 1.165) is 11.3 Å². The minimum absolute atomic E-state index is 0.258. The molecule has 3 aromatic rings. The maximum absolute atomic E-state index is 13.2. The number of carbonyl (C=O) groups excluding carboxylic acids is 1. The van der Waals surface area contributed by atoms with Crippen molar-refractivity contribution in [2.45, 2.75) is 6.92 Å². The summed E-state index contributed by atoms with van der Waals surface area (Å²) in [4.78, 5) is 16.6. The first-order valence-electron chi connectivity index (χ1n) is 8.84. The first-order valence-corrected chi connectivity index (χ1v) is 9.25. The number of urea groups is 1. The van der Waals surface area contributed by atoms with Gasteiger partial charge in [-0.05, 0) is 43.3 Å². The zero-order valence-corrected chi connectivity index (χ0v) is 16.1. The van der Waals surface area contributed by atoms with E-state index in [1.807, 2.05) is 91.9 Å². The summed E-state index contributed by atoms with van der Waals surface area (Å²) in [5, 5.41) is 4.48. The summed E-state index contributed by atoms with van der Waals surface area (Å²) in [7, 11) is 0. The van der Waals surface area contributed by atoms with Gasteiger partial charge in [0.25, 0.3) is 0 Å². The zero-order valence-electron chi connectivity index (χ0n) is 15.2. The second-order valence-electron chi connectivity index (χ2n) is 6.34. The Bertz CT molecular complexity index is 1030. The van der Waals surface area contributed by atoms with Crippen molar-refractivity contribution in [1.82, 2.24) is 0 Å². The Kier molecular flexibility index (Phi) is 4.87. The van der Waals surface area contributed by atoms with Crippen LogP contribution < -0.4 is 15.2 Å². The van der Waals surface area contributed by atoms with Gasteiger partial charge in [0.05, 0.1) is 17.1 Å². The summed E-state index contributed by atoms with van der Waals surface area (Å²) in [5.74, 6) is 0.385. The molecule has 1 aliphatic rings. The molecule has 0 radical (unpaired) electrons. The van der Waals surface area contributed by atoms with Crippen molar-refractivity contribution in [2.24, 2.45) is 5.10 Å². The van der Waals surface area contributed by atoms with Crippen LogP contribution in [0.15, 0.2) is 90.0 Å². The van der Waals surface area contributed by atoms with Crippen LogP contribution in [-0.4, -0.2) is 16.9 Å². The van der Waals surface area contributed by atoms with E-state index in [1.165, 1.54) is 9.80 Å². The molecule has 0 aromatic heterocycles. The number of rotatable bonds is 4. The molecule has 1 saturated heterocycles. The molecule has 4 rings (SSSR count). The van der Waals surface area contributed by atoms with Gasteiger partial charge in [-0.15, -0.1) is 0 Å². The number of hydrogen-bond acceptors (Lipinski definition) is 4. The van der Waals surface area contributed by atoms with E-state index in [4.69, 9.17) is 12.2 Å². The molecule has 0 spiro atoms. The van der Waals surface area contributed by atoms with Crippen molar-refractivity contribution in [3.63, 3.8) is 0 Å². The number of aryl methyl sites for hydroxylation is 1. The lowest BCUT2D eigenvalue weighted by Gasteiger charge is -2.17. The van der Waals surface area contributed by atoms with Crippen molar-refractivity contribution in [1.29, 1.82) is 0 Å². The van der Waals surface area contributed by atoms with Crippen LogP contribution in [0.1, 0.15) is 5.56 Å². The van der Waals surface area contributed by atoms with Gasteiger partial charge in [0.15, 0.2) is 10.8 Å². The number of benzene rings is 3. The fraction of sp³-hybridized carbons (Fsp3) is 0.0455. The number of hydrazone groups is 1. The van der Waals surface area contributed by atoms with Crippen molar-refractivity contribution in [3.05, 3.63) is 90.5 Å². The lowest BCUT2D eigenvalue weighted by molar-refractivity contribution is 0.257. The smallest absolute Gasteiger partial charge is 0.276 e. The van der Waals surface area contributed by atoms with Gasteiger partial charge >= 0.3 is 6.03 Å². The van der Waals surface area contributed by atoms with Crippen LogP contribution in [0.25, 0.3) is 0 Å². The summed E-state index contributed by atoms with van der Waals surface area (Å²) < 4.78 is 0. The minimum Gasteiger partial charge on any atom is -0.276 e. The van der Waals surface area contributed by atoms with Crippen LogP contribution in [0, 0.1) is 6.92 Å². The standard InChI is InChI=1S/C22H18N4OS/c1-16-12-14-17(15-13-16)23-24-20-21(28)26(19-10-6-3-7-11-19)22(27)25(20)18-8-4-2-5-9-18/h2-15,23H,1H3. The molecule has 1 N–H and O–H groups in total. The van der Waals surface area contributed by atoms with Gasteiger partial charge in [-0.1, -0.05) is 66.3 Å². The highest BCUT2D eigenvalue weighted by Crippen LogP contribution is 2.28. The molecule has 1 aliphatic heterocycles. The van der Waals surface area contributed by atoms with Gasteiger partial charge < -0.3 is 0 Å². The van der Waals surface area contributed by atoms with Crippen LogP contribution in [0.3, 0.4) is 0 Å². The number of anilines is 3. The highest BCUT2D eigenvalue weighted by molar-refractivity contribution is 7.82. The summed E-state index contributed by atoms with van der Waals surface area (Å²) in [6.45, 7) is 2.02. The molecule has 0 unspecified atom stereocenters. The summed E-state index contributed by atoms with van der Waals surface area (Å²) >= 11 is 5.63. The van der Waals surface area contributed by atoms with Gasteiger partial charge in [-0.3, -0.25) is 5.43 Å². The maximum atomic E-state index is 13.2. The highest BCUT2D eigenvalue weighted by Gasteiger charge is 2.41. The topological polar surface area (TPSA) is 47.9 Å². The predicted octanol–water partition coefficient (Wildman–Crippen LogP) is 5.19. The largest absolute Gasteiger partial charge is 0.340 e. The number of amides is 2. The Balaban J connectivity index is 1.74. The molecule has 1 heterocycles. The van der Waals surface area contributed by atoms with Gasteiger partial charge in [0, 0.05) is 0 Å². The number of carbonyl (C=O) groups is 1. The van der Waals surface area contributed by atoms with Crippen molar-refractivity contribution >= 4 is 46.1 Å². The Morgan fingerprint density at radius 2 is 1.32 bits per heavy atom. The molecule has 0 saturated carbocycles. The zero-order chi connectivity index (χ0) is 19.5. The molecular weight excluding hydrogens is 368 g/mol. The Labute approximate surface area is 168 Å². The van der Waals surface area contributed by atoms with E-state index in [2.05, 4.69) is 10.5 Å². The first-order chi connectivity index (χ1) is 13.6. The molecule has 138 valence electrons. The van der Waals surface area contributed by atoms with E-state index in [1.54, 1.807) is 0 Å². The second-order valence-corrected chi connectivity index (χ2v) is 6.73. The lowest BCUT2D eigenvalue weighted by Crippen LogP contribution is -2.33. The van der Waals surface area contributed by atoms with E-state index in [-0.39, 0.29) is 6.03 Å². The van der Waals surface area contributed by atoms with Crippen LogP contribution in [0.2, 0.25) is 0 Å². The average Bonchev–Trinajstić information content (AvgIpc) is 2.98. The highest BCUT2D eigenvalue weighted by atomic mass is 32.1. The number of hydrogen-bond donors (Lipinski definition) is 1. The normalized spacial score (nSPS) is 15.4. The SMILES string of the molecule is Cc1ccc(NN=C2C(=S)N(c3ccccc3)C(=O)N2c2ccccc2)cc1. The monoisotopic (exact) mass is 386 g/mol. The van der Waals surface area contributed by atoms with Crippen molar-refractivity contribution in [2.75, 3.05) is 15.2 Å². The maximum Gasteiger partial charge on any atom is 0.340 e. The predicted molar refractivity (Wildman–Crippen MR) is 118 cm³/mol. The van der Waals surface area contributed by atoms with E-state index in [9.17, 15) is 4.79 Å². The van der Waals surface area contributed by atoms with Gasteiger partial charge in [-0.25, -0.2) is 14.6 Å². The Hall–Kier alpha value is -3.51. The molecule has 0 aliphatic carbocycles. The Morgan fingerprint density at radius 1 is 0.786 bits per heavy atom. The number of thiocarbonyl (C=S) groups is 1. The van der Waals surface area contributed by atoms with E-state index in [0.29, 0.717) is 22.2 Å². The van der Waals surface area contributed by atoms with Crippen LogP contribution >= 0.6 is 12.2 Å².